The summed E-state index contributed by atoms with van der Waals surface area (Å²) in [4.78, 5) is 9.47. The fourth-order valence-electron chi connectivity index (χ4n) is 3.14. The molecule has 1 aromatic heterocycles. The SMILES string of the molecule is CN(C)C(CN=C(Nc1ccccc1)N1CCCCC1)c1ccco1.I. The maximum atomic E-state index is 5.61. The Morgan fingerprint density at radius 3 is 2.46 bits per heavy atom. The van der Waals surface area contributed by atoms with Crippen LogP contribution in [0.3, 0.4) is 0 Å². The number of rotatable bonds is 5. The van der Waals surface area contributed by atoms with Crippen LogP contribution in [0.5, 0.6) is 0 Å². The summed E-state index contributed by atoms with van der Waals surface area (Å²) in [6.07, 6.45) is 5.49. The molecular weight excluding hydrogens is 439 g/mol. The average molecular weight is 468 g/mol. The molecule has 3 rings (SSSR count). The summed E-state index contributed by atoms with van der Waals surface area (Å²) < 4.78 is 5.61. The summed E-state index contributed by atoms with van der Waals surface area (Å²) in [6.45, 7) is 2.78. The van der Waals surface area contributed by atoms with Gasteiger partial charge in [-0.2, -0.15) is 0 Å². The molecule has 0 aliphatic carbocycles. The number of likely N-dealkylation sites (tertiary alicyclic amines) is 1. The number of aliphatic imine (C=N–C) groups is 1. The van der Waals surface area contributed by atoms with Crippen molar-refractivity contribution in [2.45, 2.75) is 25.3 Å². The standard InChI is InChI=1S/C20H28N4O.HI/c1-23(2)18(19-12-9-15-25-19)16-21-20(24-13-7-4-8-14-24)22-17-10-5-3-6-11-17;/h3,5-6,9-12,15,18H,4,7-8,13-14,16H2,1-2H3,(H,21,22);1H. The van der Waals surface area contributed by atoms with Crippen molar-refractivity contribution in [2.75, 3.05) is 39.0 Å². The molecule has 26 heavy (non-hydrogen) atoms. The van der Waals surface area contributed by atoms with Crippen LogP contribution in [-0.4, -0.2) is 49.5 Å². The molecule has 1 aromatic carbocycles. The van der Waals surface area contributed by atoms with E-state index in [4.69, 9.17) is 9.41 Å². The summed E-state index contributed by atoms with van der Waals surface area (Å²) in [5.74, 6) is 1.91. The predicted octanol–water partition coefficient (Wildman–Crippen LogP) is 4.45. The van der Waals surface area contributed by atoms with Crippen molar-refractivity contribution in [1.82, 2.24) is 9.80 Å². The molecule has 1 atom stereocenters. The molecule has 2 aromatic rings. The Labute approximate surface area is 173 Å². The van der Waals surface area contributed by atoms with Crippen LogP contribution in [0.2, 0.25) is 0 Å². The van der Waals surface area contributed by atoms with Crippen molar-refractivity contribution < 1.29 is 4.42 Å². The molecule has 0 bridgehead atoms. The molecule has 6 heteroatoms. The maximum absolute atomic E-state index is 5.61. The molecule has 0 amide bonds. The summed E-state index contributed by atoms with van der Waals surface area (Å²) in [7, 11) is 4.13. The first-order valence-electron chi connectivity index (χ1n) is 9.05. The lowest BCUT2D eigenvalue weighted by Gasteiger charge is -2.31. The second-order valence-electron chi connectivity index (χ2n) is 6.70. The van der Waals surface area contributed by atoms with E-state index in [9.17, 15) is 0 Å². The second kappa shape index (κ2) is 10.6. The van der Waals surface area contributed by atoms with Crippen LogP contribution in [0.4, 0.5) is 5.69 Å². The largest absolute Gasteiger partial charge is 0.468 e. The van der Waals surface area contributed by atoms with Crippen LogP contribution in [-0.2, 0) is 0 Å². The number of furan rings is 1. The molecule has 5 nitrogen and oxygen atoms in total. The van der Waals surface area contributed by atoms with E-state index in [1.165, 1.54) is 19.3 Å². The molecule has 1 unspecified atom stereocenters. The Morgan fingerprint density at radius 2 is 1.85 bits per heavy atom. The summed E-state index contributed by atoms with van der Waals surface area (Å²) in [5, 5.41) is 3.52. The van der Waals surface area contributed by atoms with Gasteiger partial charge in [0.05, 0.1) is 18.8 Å². The van der Waals surface area contributed by atoms with E-state index in [0.717, 1.165) is 30.5 Å². The number of hydrogen-bond acceptors (Lipinski definition) is 3. The molecule has 1 N–H and O–H groups in total. The van der Waals surface area contributed by atoms with Gasteiger partial charge in [-0.05, 0) is 57.6 Å². The normalized spacial score (nSPS) is 16.3. The van der Waals surface area contributed by atoms with E-state index in [-0.39, 0.29) is 30.0 Å². The maximum Gasteiger partial charge on any atom is 0.198 e. The van der Waals surface area contributed by atoms with E-state index >= 15 is 0 Å². The Balaban J connectivity index is 0.00000243. The number of nitrogens with zero attached hydrogens (tertiary/aromatic N) is 3. The van der Waals surface area contributed by atoms with Gasteiger partial charge in [0.1, 0.15) is 5.76 Å². The number of guanidine groups is 1. The molecule has 1 aliphatic rings. The van der Waals surface area contributed by atoms with Crippen molar-refractivity contribution in [2.24, 2.45) is 4.99 Å². The highest BCUT2D eigenvalue weighted by atomic mass is 127. The quantitative estimate of drug-likeness (QED) is 0.400. The molecule has 1 fully saturated rings. The molecular formula is C20H29IN4O. The molecule has 0 radical (unpaired) electrons. The summed E-state index contributed by atoms with van der Waals surface area (Å²) >= 11 is 0. The van der Waals surface area contributed by atoms with E-state index in [1.807, 2.05) is 30.3 Å². The smallest absolute Gasteiger partial charge is 0.198 e. The monoisotopic (exact) mass is 468 g/mol. The van der Waals surface area contributed by atoms with Crippen molar-refractivity contribution in [3.63, 3.8) is 0 Å². The lowest BCUT2D eigenvalue weighted by atomic mass is 10.1. The van der Waals surface area contributed by atoms with Gasteiger partial charge in [-0.3, -0.25) is 9.89 Å². The van der Waals surface area contributed by atoms with Gasteiger partial charge >= 0.3 is 0 Å². The van der Waals surface area contributed by atoms with Gasteiger partial charge in [0, 0.05) is 18.8 Å². The third-order valence-corrected chi connectivity index (χ3v) is 4.59. The molecule has 0 spiro atoms. The highest BCUT2D eigenvalue weighted by molar-refractivity contribution is 14.0. The van der Waals surface area contributed by atoms with Crippen LogP contribution in [0.1, 0.15) is 31.1 Å². The van der Waals surface area contributed by atoms with Gasteiger partial charge in [0.25, 0.3) is 0 Å². The molecule has 1 aliphatic heterocycles. The van der Waals surface area contributed by atoms with Gasteiger partial charge in [0.2, 0.25) is 0 Å². The number of likely N-dealkylation sites (N-methyl/N-ethyl adjacent to an activating group) is 1. The highest BCUT2D eigenvalue weighted by Crippen LogP contribution is 2.20. The zero-order valence-corrected chi connectivity index (χ0v) is 17.9. The topological polar surface area (TPSA) is 44.0 Å². The number of piperidine rings is 1. The highest BCUT2D eigenvalue weighted by Gasteiger charge is 2.19. The Bertz CT molecular complexity index is 652. The van der Waals surface area contributed by atoms with E-state index in [1.54, 1.807) is 6.26 Å². The third kappa shape index (κ3) is 5.74. The third-order valence-electron chi connectivity index (χ3n) is 4.59. The first kappa shape index (κ1) is 20.8. The van der Waals surface area contributed by atoms with Crippen LogP contribution in [0.25, 0.3) is 0 Å². The fraction of sp³-hybridized carbons (Fsp3) is 0.450. The Morgan fingerprint density at radius 1 is 1.12 bits per heavy atom. The minimum absolute atomic E-state index is 0. The average Bonchev–Trinajstić information content (AvgIpc) is 3.16. The lowest BCUT2D eigenvalue weighted by Crippen LogP contribution is -2.40. The Hall–Kier alpha value is -1.54. The van der Waals surface area contributed by atoms with Gasteiger partial charge < -0.3 is 14.6 Å². The van der Waals surface area contributed by atoms with Crippen LogP contribution in [0, 0.1) is 0 Å². The van der Waals surface area contributed by atoms with Gasteiger partial charge in [-0.15, -0.1) is 24.0 Å². The number of nitrogens with one attached hydrogen (secondary N) is 1. The first-order valence-corrected chi connectivity index (χ1v) is 9.05. The van der Waals surface area contributed by atoms with Gasteiger partial charge in [-0.25, -0.2) is 0 Å². The molecule has 2 heterocycles. The number of hydrogen-bond donors (Lipinski definition) is 1. The van der Waals surface area contributed by atoms with Crippen LogP contribution < -0.4 is 5.32 Å². The predicted molar refractivity (Wildman–Crippen MR) is 118 cm³/mol. The van der Waals surface area contributed by atoms with Gasteiger partial charge in [0.15, 0.2) is 5.96 Å². The van der Waals surface area contributed by atoms with Crippen molar-refractivity contribution in [1.29, 1.82) is 0 Å². The minimum atomic E-state index is 0. The summed E-state index contributed by atoms with van der Waals surface area (Å²) in [5.41, 5.74) is 1.08. The van der Waals surface area contributed by atoms with Gasteiger partial charge in [-0.1, -0.05) is 18.2 Å². The number of anilines is 1. The zero-order valence-electron chi connectivity index (χ0n) is 15.6. The van der Waals surface area contributed by atoms with Crippen molar-refractivity contribution in [3.8, 4) is 0 Å². The van der Waals surface area contributed by atoms with Crippen molar-refractivity contribution in [3.05, 3.63) is 54.5 Å². The number of halogens is 1. The van der Waals surface area contributed by atoms with Crippen LogP contribution in [0.15, 0.2) is 58.1 Å². The zero-order chi connectivity index (χ0) is 17.5. The number of benzene rings is 1. The van der Waals surface area contributed by atoms with E-state index < -0.39 is 0 Å². The van der Waals surface area contributed by atoms with Crippen molar-refractivity contribution >= 4 is 35.6 Å². The Kier molecular flexibility index (Phi) is 8.44. The first-order chi connectivity index (χ1) is 12.2. The summed E-state index contributed by atoms with van der Waals surface area (Å²) in [6, 6.07) is 14.4. The van der Waals surface area contributed by atoms with Crippen LogP contribution >= 0.6 is 24.0 Å². The molecule has 1 saturated heterocycles. The number of para-hydroxylation sites is 1. The molecule has 0 saturated carbocycles. The fourth-order valence-corrected chi connectivity index (χ4v) is 3.14. The second-order valence-corrected chi connectivity index (χ2v) is 6.70. The molecule has 142 valence electrons. The lowest BCUT2D eigenvalue weighted by molar-refractivity contribution is 0.263. The van der Waals surface area contributed by atoms with E-state index in [0.29, 0.717) is 6.54 Å². The minimum Gasteiger partial charge on any atom is -0.468 e. The van der Waals surface area contributed by atoms with E-state index in [2.05, 4.69) is 41.3 Å².